The predicted molar refractivity (Wildman–Crippen MR) is 96.9 cm³/mol. The molecule has 0 radical (unpaired) electrons. The molecule has 1 aromatic rings. The van der Waals surface area contributed by atoms with Gasteiger partial charge in [0, 0.05) is 37.4 Å². The van der Waals surface area contributed by atoms with Crippen molar-refractivity contribution in [3.63, 3.8) is 0 Å². The second-order valence-corrected chi connectivity index (χ2v) is 7.12. The van der Waals surface area contributed by atoms with Crippen LogP contribution in [0, 0.1) is 6.92 Å². The normalized spacial score (nSPS) is 23.6. The number of aryl methyl sites for hydroxylation is 1. The molecule has 136 valence electrons. The number of nitrogens with one attached hydrogen (secondary N) is 1. The Balaban J connectivity index is 1.66. The van der Waals surface area contributed by atoms with E-state index >= 15 is 0 Å². The number of carbonyl (C=O) groups is 2. The van der Waals surface area contributed by atoms with Crippen molar-refractivity contribution in [1.29, 1.82) is 0 Å². The number of urea groups is 1. The first-order valence-corrected chi connectivity index (χ1v) is 9.05. The molecule has 2 unspecified atom stereocenters. The summed E-state index contributed by atoms with van der Waals surface area (Å²) >= 11 is 0. The molecule has 2 saturated heterocycles. The second-order valence-electron chi connectivity index (χ2n) is 7.12. The maximum Gasteiger partial charge on any atom is 0.322 e. The van der Waals surface area contributed by atoms with E-state index in [0.717, 1.165) is 37.2 Å². The highest BCUT2D eigenvalue weighted by Crippen LogP contribution is 2.21. The Hall–Kier alpha value is -2.08. The first-order chi connectivity index (χ1) is 11.9. The second kappa shape index (κ2) is 7.44. The van der Waals surface area contributed by atoms with E-state index in [0.29, 0.717) is 18.7 Å². The molecule has 0 saturated carbocycles. The lowest BCUT2D eigenvalue weighted by Crippen LogP contribution is -2.49. The number of amides is 3. The molecule has 3 amide bonds. The molecule has 6 heteroatoms. The van der Waals surface area contributed by atoms with Crippen LogP contribution in [-0.2, 0) is 4.74 Å². The van der Waals surface area contributed by atoms with Crippen LogP contribution in [0.3, 0.4) is 0 Å². The lowest BCUT2D eigenvalue weighted by molar-refractivity contribution is -0.0530. The summed E-state index contributed by atoms with van der Waals surface area (Å²) in [5.41, 5.74) is 2.33. The average molecular weight is 345 g/mol. The fourth-order valence-corrected chi connectivity index (χ4v) is 3.58. The molecule has 1 N–H and O–H groups in total. The number of carbonyl (C=O) groups excluding carboxylic acids is 2. The van der Waals surface area contributed by atoms with Gasteiger partial charge in [-0.1, -0.05) is 0 Å². The summed E-state index contributed by atoms with van der Waals surface area (Å²) in [4.78, 5) is 28.7. The van der Waals surface area contributed by atoms with E-state index in [1.807, 2.05) is 37.8 Å². The van der Waals surface area contributed by atoms with E-state index in [4.69, 9.17) is 4.74 Å². The Morgan fingerprint density at radius 3 is 2.32 bits per heavy atom. The fraction of sp³-hybridized carbons (Fsp3) is 0.579. The first kappa shape index (κ1) is 17.7. The number of hydrogen-bond donors (Lipinski definition) is 1. The van der Waals surface area contributed by atoms with Crippen LogP contribution in [0.5, 0.6) is 0 Å². The van der Waals surface area contributed by atoms with Gasteiger partial charge in [-0.15, -0.1) is 0 Å². The van der Waals surface area contributed by atoms with Crippen molar-refractivity contribution in [3.05, 3.63) is 29.3 Å². The van der Waals surface area contributed by atoms with E-state index in [-0.39, 0.29) is 24.1 Å². The number of morpholine rings is 1. The maximum absolute atomic E-state index is 12.5. The van der Waals surface area contributed by atoms with Gasteiger partial charge in [0.1, 0.15) is 0 Å². The van der Waals surface area contributed by atoms with Gasteiger partial charge in [-0.05, 0) is 57.4 Å². The Labute approximate surface area is 149 Å². The molecule has 0 aromatic heterocycles. The van der Waals surface area contributed by atoms with Gasteiger partial charge >= 0.3 is 6.03 Å². The third kappa shape index (κ3) is 4.12. The Morgan fingerprint density at radius 2 is 1.72 bits per heavy atom. The number of anilines is 1. The number of benzene rings is 1. The SMILES string of the molecule is Cc1cc(C(=O)N2CCCC2)ccc1NC(=O)N1CC(C)OC(C)C1. The smallest absolute Gasteiger partial charge is 0.322 e. The van der Waals surface area contributed by atoms with E-state index in [9.17, 15) is 9.59 Å². The summed E-state index contributed by atoms with van der Waals surface area (Å²) in [6.45, 7) is 8.70. The van der Waals surface area contributed by atoms with Gasteiger partial charge in [0.25, 0.3) is 5.91 Å². The molecule has 0 aliphatic carbocycles. The van der Waals surface area contributed by atoms with Crippen LogP contribution in [0.25, 0.3) is 0 Å². The molecule has 2 aliphatic heterocycles. The van der Waals surface area contributed by atoms with Crippen LogP contribution in [0.1, 0.15) is 42.6 Å². The largest absolute Gasteiger partial charge is 0.372 e. The van der Waals surface area contributed by atoms with E-state index in [1.54, 1.807) is 11.0 Å². The van der Waals surface area contributed by atoms with Crippen molar-refractivity contribution in [1.82, 2.24) is 9.80 Å². The zero-order valence-electron chi connectivity index (χ0n) is 15.2. The predicted octanol–water partition coefficient (Wildman–Crippen LogP) is 2.87. The van der Waals surface area contributed by atoms with Crippen LogP contribution in [-0.4, -0.2) is 60.1 Å². The molecule has 3 rings (SSSR count). The zero-order chi connectivity index (χ0) is 18.0. The van der Waals surface area contributed by atoms with E-state index in [2.05, 4.69) is 5.32 Å². The Kier molecular flexibility index (Phi) is 5.27. The number of ether oxygens (including phenoxy) is 1. The summed E-state index contributed by atoms with van der Waals surface area (Å²) < 4.78 is 5.67. The lowest BCUT2D eigenvalue weighted by atomic mass is 10.1. The van der Waals surface area contributed by atoms with E-state index < -0.39 is 0 Å². The molecule has 2 fully saturated rings. The van der Waals surface area contributed by atoms with Crippen molar-refractivity contribution in [2.45, 2.75) is 45.8 Å². The first-order valence-electron chi connectivity index (χ1n) is 9.05. The molecular weight excluding hydrogens is 318 g/mol. The van der Waals surface area contributed by atoms with Crippen molar-refractivity contribution >= 4 is 17.6 Å². The Morgan fingerprint density at radius 1 is 1.08 bits per heavy atom. The molecule has 25 heavy (non-hydrogen) atoms. The maximum atomic E-state index is 12.5. The van der Waals surface area contributed by atoms with Gasteiger partial charge in [-0.25, -0.2) is 4.79 Å². The minimum atomic E-state index is -0.122. The summed E-state index contributed by atoms with van der Waals surface area (Å²) in [7, 11) is 0. The quantitative estimate of drug-likeness (QED) is 0.896. The molecule has 2 atom stereocenters. The summed E-state index contributed by atoms with van der Waals surface area (Å²) in [6, 6.07) is 5.36. The van der Waals surface area contributed by atoms with E-state index in [1.165, 1.54) is 0 Å². The van der Waals surface area contributed by atoms with Crippen LogP contribution >= 0.6 is 0 Å². The summed E-state index contributed by atoms with van der Waals surface area (Å²) in [6.07, 6.45) is 2.23. The fourth-order valence-electron chi connectivity index (χ4n) is 3.58. The minimum absolute atomic E-state index is 0.0380. The highest BCUT2D eigenvalue weighted by atomic mass is 16.5. The number of rotatable bonds is 2. The van der Waals surface area contributed by atoms with Crippen molar-refractivity contribution < 1.29 is 14.3 Å². The molecule has 2 heterocycles. The van der Waals surface area contributed by atoms with Gasteiger partial charge in [-0.3, -0.25) is 4.79 Å². The molecule has 0 bridgehead atoms. The highest BCUT2D eigenvalue weighted by Gasteiger charge is 2.26. The zero-order valence-corrected chi connectivity index (χ0v) is 15.2. The molecular formula is C19H27N3O3. The van der Waals surface area contributed by atoms with Gasteiger partial charge in [0.05, 0.1) is 12.2 Å². The molecule has 6 nitrogen and oxygen atoms in total. The topological polar surface area (TPSA) is 61.9 Å². The minimum Gasteiger partial charge on any atom is -0.372 e. The average Bonchev–Trinajstić information content (AvgIpc) is 3.09. The number of nitrogens with zero attached hydrogens (tertiary/aromatic N) is 2. The van der Waals surface area contributed by atoms with Crippen LogP contribution < -0.4 is 5.32 Å². The van der Waals surface area contributed by atoms with Crippen LogP contribution in [0.4, 0.5) is 10.5 Å². The summed E-state index contributed by atoms with van der Waals surface area (Å²) in [5.74, 6) is 0.0781. The molecule has 0 spiro atoms. The lowest BCUT2D eigenvalue weighted by Gasteiger charge is -2.35. The standard InChI is InChI=1S/C19H27N3O3/c1-13-10-16(18(23)21-8-4-5-9-21)6-7-17(13)20-19(24)22-11-14(2)25-15(3)12-22/h6-7,10,14-15H,4-5,8-9,11-12H2,1-3H3,(H,20,24). The summed E-state index contributed by atoms with van der Waals surface area (Å²) in [5, 5.41) is 2.96. The number of likely N-dealkylation sites (tertiary alicyclic amines) is 1. The third-order valence-electron chi connectivity index (χ3n) is 4.82. The number of hydrogen-bond acceptors (Lipinski definition) is 3. The van der Waals surface area contributed by atoms with Crippen molar-refractivity contribution in [2.75, 3.05) is 31.5 Å². The van der Waals surface area contributed by atoms with Gasteiger partial charge in [0.15, 0.2) is 0 Å². The van der Waals surface area contributed by atoms with Crippen LogP contribution in [0.15, 0.2) is 18.2 Å². The molecule has 2 aliphatic rings. The third-order valence-corrected chi connectivity index (χ3v) is 4.82. The Bertz CT molecular complexity index is 645. The van der Waals surface area contributed by atoms with Gasteiger partial charge < -0.3 is 19.9 Å². The highest BCUT2D eigenvalue weighted by molar-refractivity contribution is 5.96. The van der Waals surface area contributed by atoms with Crippen LogP contribution in [0.2, 0.25) is 0 Å². The van der Waals surface area contributed by atoms with Crippen molar-refractivity contribution in [3.8, 4) is 0 Å². The van der Waals surface area contributed by atoms with Gasteiger partial charge in [-0.2, -0.15) is 0 Å². The molecule has 1 aromatic carbocycles. The van der Waals surface area contributed by atoms with Gasteiger partial charge in [0.2, 0.25) is 0 Å². The monoisotopic (exact) mass is 345 g/mol. The van der Waals surface area contributed by atoms with Crippen molar-refractivity contribution in [2.24, 2.45) is 0 Å².